The lowest BCUT2D eigenvalue weighted by Crippen LogP contribution is -2.51. The number of carbonyl (C=O) groups excluding carboxylic acids is 2. The number of carbonyl (C=O) groups is 2. The summed E-state index contributed by atoms with van der Waals surface area (Å²) >= 11 is 0. The van der Waals surface area contributed by atoms with Crippen LogP contribution in [0, 0.1) is 0 Å². The van der Waals surface area contributed by atoms with Gasteiger partial charge in [-0.2, -0.15) is 0 Å². The highest BCUT2D eigenvalue weighted by Gasteiger charge is 2.24. The number of sulfonamides is 1. The van der Waals surface area contributed by atoms with Crippen LogP contribution in [0.5, 0.6) is 0 Å². The third kappa shape index (κ3) is 5.50. The summed E-state index contributed by atoms with van der Waals surface area (Å²) < 4.78 is 25.3. The highest BCUT2D eigenvalue weighted by molar-refractivity contribution is 7.89. The first-order valence-corrected chi connectivity index (χ1v) is 10.4. The Balaban J connectivity index is 1.93. The summed E-state index contributed by atoms with van der Waals surface area (Å²) in [5.74, 6) is -0.141. The lowest BCUT2D eigenvalue weighted by atomic mass is 10.2. The Kier molecular flexibility index (Phi) is 6.96. The van der Waals surface area contributed by atoms with Gasteiger partial charge >= 0.3 is 0 Å². The molecule has 0 unspecified atom stereocenters. The SMILES string of the molecule is CC(C)NC(=O)CN1CCN(C(=O)c2ccc(S(=O)(=O)N(C)C)cc2)CC1. The maximum absolute atomic E-state index is 12.6. The van der Waals surface area contributed by atoms with Crippen LogP contribution in [0.2, 0.25) is 0 Å². The molecule has 1 aromatic rings. The molecule has 9 heteroatoms. The van der Waals surface area contributed by atoms with Gasteiger partial charge < -0.3 is 10.2 Å². The molecule has 8 nitrogen and oxygen atoms in total. The zero-order valence-electron chi connectivity index (χ0n) is 16.3. The number of rotatable bonds is 6. The molecule has 2 rings (SSSR count). The number of hydrogen-bond donors (Lipinski definition) is 1. The van der Waals surface area contributed by atoms with Gasteiger partial charge in [-0.05, 0) is 38.1 Å². The number of nitrogens with one attached hydrogen (secondary N) is 1. The first-order valence-electron chi connectivity index (χ1n) is 8.95. The first-order chi connectivity index (χ1) is 12.6. The lowest BCUT2D eigenvalue weighted by Gasteiger charge is -2.34. The van der Waals surface area contributed by atoms with E-state index in [-0.39, 0.29) is 22.8 Å². The highest BCUT2D eigenvalue weighted by Crippen LogP contribution is 2.16. The second-order valence-electron chi connectivity index (χ2n) is 7.10. The minimum absolute atomic E-state index is 0.0116. The zero-order chi connectivity index (χ0) is 20.2. The summed E-state index contributed by atoms with van der Waals surface area (Å²) in [6, 6.07) is 6.10. The van der Waals surface area contributed by atoms with Crippen molar-refractivity contribution in [2.75, 3.05) is 46.8 Å². The molecular formula is C18H28N4O4S. The van der Waals surface area contributed by atoms with E-state index >= 15 is 0 Å². The minimum Gasteiger partial charge on any atom is -0.353 e. The van der Waals surface area contributed by atoms with E-state index in [0.29, 0.717) is 38.3 Å². The molecule has 150 valence electrons. The van der Waals surface area contributed by atoms with Crippen molar-refractivity contribution < 1.29 is 18.0 Å². The largest absolute Gasteiger partial charge is 0.353 e. The van der Waals surface area contributed by atoms with Crippen molar-refractivity contribution in [2.45, 2.75) is 24.8 Å². The highest BCUT2D eigenvalue weighted by atomic mass is 32.2. The summed E-state index contributed by atoms with van der Waals surface area (Å²) in [6.45, 7) is 6.50. The van der Waals surface area contributed by atoms with Crippen molar-refractivity contribution in [3.63, 3.8) is 0 Å². The molecule has 1 fully saturated rings. The molecule has 1 aliphatic rings. The Morgan fingerprint density at radius 2 is 1.63 bits per heavy atom. The van der Waals surface area contributed by atoms with Gasteiger partial charge in [0.1, 0.15) is 0 Å². The first kappa shape index (κ1) is 21.3. The number of hydrogen-bond acceptors (Lipinski definition) is 5. The van der Waals surface area contributed by atoms with E-state index < -0.39 is 10.0 Å². The van der Waals surface area contributed by atoms with Crippen LogP contribution in [0.3, 0.4) is 0 Å². The number of benzene rings is 1. The summed E-state index contributed by atoms with van der Waals surface area (Å²) in [6.07, 6.45) is 0. The van der Waals surface area contributed by atoms with E-state index in [1.165, 1.54) is 26.2 Å². The van der Waals surface area contributed by atoms with E-state index in [1.54, 1.807) is 17.0 Å². The van der Waals surface area contributed by atoms with Crippen LogP contribution in [-0.2, 0) is 14.8 Å². The van der Waals surface area contributed by atoms with Crippen LogP contribution in [-0.4, -0.2) is 87.2 Å². The van der Waals surface area contributed by atoms with E-state index in [1.807, 2.05) is 18.7 Å². The summed E-state index contributed by atoms with van der Waals surface area (Å²) in [5, 5.41) is 2.86. The van der Waals surface area contributed by atoms with Gasteiger partial charge in [-0.1, -0.05) is 0 Å². The fourth-order valence-corrected chi connectivity index (χ4v) is 3.74. The molecule has 1 N–H and O–H groups in total. The molecule has 0 aliphatic carbocycles. The van der Waals surface area contributed by atoms with Crippen LogP contribution >= 0.6 is 0 Å². The molecule has 0 spiro atoms. The Bertz CT molecular complexity index is 767. The molecule has 0 aromatic heterocycles. The van der Waals surface area contributed by atoms with Crippen LogP contribution in [0.25, 0.3) is 0 Å². The smallest absolute Gasteiger partial charge is 0.253 e. The Labute approximate surface area is 161 Å². The Morgan fingerprint density at radius 1 is 1.07 bits per heavy atom. The second-order valence-corrected chi connectivity index (χ2v) is 9.25. The maximum atomic E-state index is 12.6. The van der Waals surface area contributed by atoms with Gasteiger partial charge in [-0.25, -0.2) is 12.7 Å². The molecule has 1 heterocycles. The van der Waals surface area contributed by atoms with Gasteiger partial charge in [0.05, 0.1) is 11.4 Å². The predicted molar refractivity (Wildman–Crippen MR) is 103 cm³/mol. The molecule has 1 saturated heterocycles. The van der Waals surface area contributed by atoms with Crippen LogP contribution < -0.4 is 5.32 Å². The molecular weight excluding hydrogens is 368 g/mol. The topological polar surface area (TPSA) is 90.0 Å². The lowest BCUT2D eigenvalue weighted by molar-refractivity contribution is -0.123. The van der Waals surface area contributed by atoms with Gasteiger partial charge in [0.25, 0.3) is 5.91 Å². The molecule has 0 saturated carbocycles. The van der Waals surface area contributed by atoms with Crippen LogP contribution in [0.15, 0.2) is 29.2 Å². The van der Waals surface area contributed by atoms with Gasteiger partial charge in [-0.3, -0.25) is 14.5 Å². The monoisotopic (exact) mass is 396 g/mol. The molecule has 0 atom stereocenters. The summed E-state index contributed by atoms with van der Waals surface area (Å²) in [7, 11) is -0.573. The van der Waals surface area contributed by atoms with Gasteiger partial charge in [-0.15, -0.1) is 0 Å². The van der Waals surface area contributed by atoms with E-state index in [4.69, 9.17) is 0 Å². The molecule has 0 bridgehead atoms. The van der Waals surface area contributed by atoms with Gasteiger partial charge in [0.15, 0.2) is 0 Å². The quantitative estimate of drug-likeness (QED) is 0.743. The van der Waals surface area contributed by atoms with Gasteiger partial charge in [0.2, 0.25) is 15.9 Å². The molecule has 0 radical (unpaired) electrons. The van der Waals surface area contributed by atoms with Crippen molar-refractivity contribution in [3.8, 4) is 0 Å². The Morgan fingerprint density at radius 3 is 2.11 bits per heavy atom. The van der Waals surface area contributed by atoms with Crippen molar-refractivity contribution in [1.29, 1.82) is 0 Å². The average molecular weight is 397 g/mol. The number of amides is 2. The van der Waals surface area contributed by atoms with Crippen LogP contribution in [0.4, 0.5) is 0 Å². The van der Waals surface area contributed by atoms with Crippen LogP contribution in [0.1, 0.15) is 24.2 Å². The third-order valence-electron chi connectivity index (χ3n) is 4.36. The van der Waals surface area contributed by atoms with Crippen molar-refractivity contribution in [1.82, 2.24) is 19.4 Å². The van der Waals surface area contributed by atoms with Crippen molar-refractivity contribution in [3.05, 3.63) is 29.8 Å². The third-order valence-corrected chi connectivity index (χ3v) is 6.19. The molecule has 27 heavy (non-hydrogen) atoms. The summed E-state index contributed by atoms with van der Waals surface area (Å²) in [4.78, 5) is 28.4. The van der Waals surface area contributed by atoms with Gasteiger partial charge in [0, 0.05) is 51.9 Å². The predicted octanol–water partition coefficient (Wildman–Crippen LogP) is 0.219. The van der Waals surface area contributed by atoms with E-state index in [2.05, 4.69) is 5.32 Å². The normalized spacial score (nSPS) is 16.0. The number of nitrogens with zero attached hydrogens (tertiary/aromatic N) is 3. The standard InChI is InChI=1S/C18H28N4O4S/c1-14(2)19-17(23)13-21-9-11-22(12-10-21)18(24)15-5-7-16(8-6-15)27(25,26)20(3)4/h5-8,14H,9-13H2,1-4H3,(H,19,23). The fraction of sp³-hybridized carbons (Fsp3) is 0.556. The van der Waals surface area contributed by atoms with E-state index in [0.717, 1.165) is 4.31 Å². The Hall–Kier alpha value is -1.97. The fourth-order valence-electron chi connectivity index (χ4n) is 2.84. The van der Waals surface area contributed by atoms with E-state index in [9.17, 15) is 18.0 Å². The zero-order valence-corrected chi connectivity index (χ0v) is 17.1. The molecule has 2 amide bonds. The average Bonchev–Trinajstić information content (AvgIpc) is 2.61. The minimum atomic E-state index is -3.51. The second kappa shape index (κ2) is 8.81. The number of piperazine rings is 1. The maximum Gasteiger partial charge on any atom is 0.253 e. The molecule has 1 aliphatic heterocycles. The molecule has 1 aromatic carbocycles. The van der Waals surface area contributed by atoms with Crippen molar-refractivity contribution in [2.24, 2.45) is 0 Å². The summed E-state index contributed by atoms with van der Waals surface area (Å²) in [5.41, 5.74) is 0.457. The van der Waals surface area contributed by atoms with Crippen molar-refractivity contribution >= 4 is 21.8 Å².